The van der Waals surface area contributed by atoms with Crippen LogP contribution in [-0.2, 0) is 36.4 Å². The molecule has 0 amide bonds. The third-order valence-corrected chi connectivity index (χ3v) is 11.7. The Kier molecular flexibility index (Phi) is 10.7. The lowest BCUT2D eigenvalue weighted by molar-refractivity contribution is 0.0590. The third-order valence-electron chi connectivity index (χ3n) is 11.1. The highest BCUT2D eigenvalue weighted by atomic mass is 79.9. The van der Waals surface area contributed by atoms with Crippen LogP contribution in [0.5, 0.6) is 5.75 Å². The SMILES string of the molecule is COC(=O)c1cc(C2CC2)cnc1Cc1ccc2c(c1)c(-c1cccc(OC)c1)cn2C.COC(=O)c1cc(C2CC2)cnc1Cc1ccc2c(c1)c(Br)cn2C. The van der Waals surface area contributed by atoms with Gasteiger partial charge in [0.05, 0.1) is 43.8 Å². The molecule has 0 atom stereocenters. The maximum Gasteiger partial charge on any atom is 0.339 e. The van der Waals surface area contributed by atoms with E-state index in [0.717, 1.165) is 71.3 Å². The molecule has 9 nitrogen and oxygen atoms in total. The van der Waals surface area contributed by atoms with Crippen LogP contribution in [0.25, 0.3) is 32.9 Å². The second-order valence-electron chi connectivity index (χ2n) is 15.1. The average molecular weight is 826 g/mol. The van der Waals surface area contributed by atoms with Crippen LogP contribution >= 0.6 is 15.9 Å². The molecule has 0 saturated heterocycles. The highest BCUT2D eigenvalue weighted by Crippen LogP contribution is 2.41. The Morgan fingerprint density at radius 2 is 1.21 bits per heavy atom. The van der Waals surface area contributed by atoms with Gasteiger partial charge in [-0.2, -0.15) is 0 Å². The number of methoxy groups -OCH3 is 3. The molecule has 2 aliphatic carbocycles. The molecule has 0 N–H and O–H groups in total. The Morgan fingerprint density at radius 1 is 0.684 bits per heavy atom. The van der Waals surface area contributed by atoms with Gasteiger partial charge in [0.25, 0.3) is 0 Å². The fraction of sp³-hybridized carbons (Fsp3) is 0.277. The average Bonchev–Trinajstić information content (AvgIpc) is 4.18. The van der Waals surface area contributed by atoms with Gasteiger partial charge >= 0.3 is 11.9 Å². The molecule has 0 radical (unpaired) electrons. The summed E-state index contributed by atoms with van der Waals surface area (Å²) >= 11 is 3.61. The molecule has 2 aliphatic rings. The van der Waals surface area contributed by atoms with E-state index in [1.807, 2.05) is 43.7 Å². The summed E-state index contributed by atoms with van der Waals surface area (Å²) in [7, 11) is 8.61. The number of carbonyl (C=O) groups excluding carboxylic acids is 2. The minimum absolute atomic E-state index is 0.313. The lowest BCUT2D eigenvalue weighted by Gasteiger charge is -2.10. The number of aryl methyl sites for hydroxylation is 2. The first-order chi connectivity index (χ1) is 27.6. The molecule has 57 heavy (non-hydrogen) atoms. The van der Waals surface area contributed by atoms with Crippen LogP contribution in [0.3, 0.4) is 0 Å². The van der Waals surface area contributed by atoms with Crippen LogP contribution in [0.2, 0.25) is 0 Å². The first kappa shape index (κ1) is 38.1. The van der Waals surface area contributed by atoms with E-state index < -0.39 is 0 Å². The van der Waals surface area contributed by atoms with Gasteiger partial charge in [-0.25, -0.2) is 9.59 Å². The molecular formula is C47H45BrN4O5. The minimum Gasteiger partial charge on any atom is -0.497 e. The van der Waals surface area contributed by atoms with Crippen LogP contribution < -0.4 is 4.74 Å². The number of carbonyl (C=O) groups is 2. The van der Waals surface area contributed by atoms with Crippen LogP contribution in [0.1, 0.15) is 91.9 Å². The highest BCUT2D eigenvalue weighted by molar-refractivity contribution is 9.10. The summed E-state index contributed by atoms with van der Waals surface area (Å²) in [6.45, 7) is 0. The molecule has 2 fully saturated rings. The molecular weight excluding hydrogens is 780 g/mol. The van der Waals surface area contributed by atoms with Crippen molar-refractivity contribution in [3.05, 3.63) is 147 Å². The van der Waals surface area contributed by atoms with Gasteiger partial charge < -0.3 is 23.3 Å². The lowest BCUT2D eigenvalue weighted by Crippen LogP contribution is -2.09. The van der Waals surface area contributed by atoms with Gasteiger partial charge in [-0.3, -0.25) is 9.97 Å². The Labute approximate surface area is 340 Å². The quantitative estimate of drug-likeness (QED) is 0.127. The summed E-state index contributed by atoms with van der Waals surface area (Å²) in [5, 5.41) is 2.32. The first-order valence-corrected chi connectivity index (χ1v) is 20.0. The molecule has 4 heterocycles. The lowest BCUT2D eigenvalue weighted by atomic mass is 9.99. The number of nitrogens with zero attached hydrogens (tertiary/aromatic N) is 4. The largest absolute Gasteiger partial charge is 0.497 e. The van der Waals surface area contributed by atoms with Crippen molar-refractivity contribution in [2.45, 2.75) is 50.4 Å². The van der Waals surface area contributed by atoms with Crippen molar-refractivity contribution in [2.75, 3.05) is 21.3 Å². The highest BCUT2D eigenvalue weighted by Gasteiger charge is 2.27. The first-order valence-electron chi connectivity index (χ1n) is 19.2. The smallest absolute Gasteiger partial charge is 0.339 e. The number of hydrogen-bond donors (Lipinski definition) is 0. The topological polar surface area (TPSA) is 97.5 Å². The van der Waals surface area contributed by atoms with Crippen LogP contribution in [0, 0.1) is 0 Å². The maximum atomic E-state index is 12.5. The molecule has 10 heteroatoms. The number of halogens is 1. The van der Waals surface area contributed by atoms with Crippen molar-refractivity contribution in [3.8, 4) is 16.9 Å². The Hall–Kier alpha value is -5.74. The zero-order valence-electron chi connectivity index (χ0n) is 32.8. The van der Waals surface area contributed by atoms with E-state index in [2.05, 4.69) is 103 Å². The zero-order chi connectivity index (χ0) is 39.8. The monoisotopic (exact) mass is 824 g/mol. The summed E-state index contributed by atoms with van der Waals surface area (Å²) in [6, 6.07) is 24.8. The van der Waals surface area contributed by atoms with E-state index in [9.17, 15) is 9.59 Å². The second kappa shape index (κ2) is 16.0. The van der Waals surface area contributed by atoms with Gasteiger partial charge in [0.15, 0.2) is 0 Å². The molecule has 0 bridgehead atoms. The predicted molar refractivity (Wildman–Crippen MR) is 226 cm³/mol. The van der Waals surface area contributed by atoms with E-state index in [1.165, 1.54) is 45.4 Å². The van der Waals surface area contributed by atoms with E-state index in [0.29, 0.717) is 35.8 Å². The number of benzene rings is 3. The minimum atomic E-state index is -0.326. The van der Waals surface area contributed by atoms with E-state index in [-0.39, 0.29) is 11.9 Å². The molecule has 0 aliphatic heterocycles. The number of pyridine rings is 2. The van der Waals surface area contributed by atoms with Gasteiger partial charge in [-0.15, -0.1) is 0 Å². The van der Waals surface area contributed by atoms with Crippen molar-refractivity contribution in [2.24, 2.45) is 14.1 Å². The summed E-state index contributed by atoms with van der Waals surface area (Å²) in [6.07, 6.45) is 13.9. The summed E-state index contributed by atoms with van der Waals surface area (Å²) < 4.78 is 20.7. The van der Waals surface area contributed by atoms with E-state index in [4.69, 9.17) is 14.2 Å². The zero-order valence-corrected chi connectivity index (χ0v) is 34.4. The molecule has 4 aromatic heterocycles. The predicted octanol–water partition coefficient (Wildman–Crippen LogP) is 10.1. The van der Waals surface area contributed by atoms with Crippen molar-refractivity contribution in [1.29, 1.82) is 0 Å². The summed E-state index contributed by atoms with van der Waals surface area (Å²) in [5.41, 5.74) is 11.7. The van der Waals surface area contributed by atoms with Gasteiger partial charge in [0.2, 0.25) is 0 Å². The van der Waals surface area contributed by atoms with Gasteiger partial charge in [-0.05, 0) is 130 Å². The standard InChI is InChI=1S/C27H26N2O3.C20H19BrN2O2/c1-29-16-24(19-5-4-6-21(13-19)31-2)22-11-17(7-10-26(22)29)12-25-23(27(30)32-3)14-20(15-28-25)18-8-9-18;1-23-11-17(21)15-7-12(3-6-19(15)23)8-18-16(20(24)25-2)9-14(10-22-18)13-4-5-13/h4-7,10-11,13-16,18H,8-9,12H2,1-3H3;3,6-7,9-11,13H,4-5,8H2,1-2H3. The fourth-order valence-corrected chi connectivity index (χ4v) is 8.24. The fourth-order valence-electron chi connectivity index (χ4n) is 7.61. The molecule has 2 saturated carbocycles. The number of aromatic nitrogens is 4. The number of ether oxygens (including phenoxy) is 3. The third kappa shape index (κ3) is 8.09. The number of esters is 2. The molecule has 9 rings (SSSR count). The Bertz CT molecular complexity index is 2650. The van der Waals surface area contributed by atoms with Crippen molar-refractivity contribution < 1.29 is 23.8 Å². The van der Waals surface area contributed by atoms with Gasteiger partial charge in [0.1, 0.15) is 5.75 Å². The number of fused-ring (bicyclic) bond motifs is 2. The van der Waals surface area contributed by atoms with Gasteiger partial charge in [0, 0.05) is 83.6 Å². The molecule has 7 aromatic rings. The van der Waals surface area contributed by atoms with Crippen LogP contribution in [-0.4, -0.2) is 52.4 Å². The van der Waals surface area contributed by atoms with Crippen LogP contribution in [0.4, 0.5) is 0 Å². The van der Waals surface area contributed by atoms with E-state index >= 15 is 0 Å². The molecule has 3 aromatic carbocycles. The number of rotatable bonds is 10. The normalized spacial score (nSPS) is 13.6. The van der Waals surface area contributed by atoms with E-state index in [1.54, 1.807) is 7.11 Å². The molecule has 0 spiro atoms. The summed E-state index contributed by atoms with van der Waals surface area (Å²) in [5.74, 6) is 1.28. The van der Waals surface area contributed by atoms with Crippen LogP contribution in [0.15, 0.2) is 102 Å². The Balaban J connectivity index is 0.000000165. The number of hydrogen-bond acceptors (Lipinski definition) is 7. The van der Waals surface area contributed by atoms with Crippen molar-refractivity contribution in [1.82, 2.24) is 19.1 Å². The Morgan fingerprint density at radius 3 is 1.74 bits per heavy atom. The molecule has 0 unspecified atom stereocenters. The molecule has 290 valence electrons. The van der Waals surface area contributed by atoms with Crippen molar-refractivity contribution >= 4 is 49.7 Å². The second-order valence-corrected chi connectivity index (χ2v) is 15.9. The maximum absolute atomic E-state index is 12.5. The van der Waals surface area contributed by atoms with Crippen molar-refractivity contribution in [3.63, 3.8) is 0 Å². The summed E-state index contributed by atoms with van der Waals surface area (Å²) in [4.78, 5) is 33.9. The van der Waals surface area contributed by atoms with Gasteiger partial charge in [-0.1, -0.05) is 24.3 Å².